The minimum atomic E-state index is 0.325. The van der Waals surface area contributed by atoms with Gasteiger partial charge in [-0.3, -0.25) is 0 Å². The Kier molecular flexibility index (Phi) is 7.12. The van der Waals surface area contributed by atoms with Gasteiger partial charge in [0.05, 0.1) is 13.7 Å². The number of thiophene rings is 1. The summed E-state index contributed by atoms with van der Waals surface area (Å²) < 4.78 is 5.26. The van der Waals surface area contributed by atoms with Crippen LogP contribution < -0.4 is 15.4 Å². The fraction of sp³-hybridized carbons (Fsp3) is 0.421. The molecule has 1 aromatic carbocycles. The number of nitrogens with zero attached hydrogens (tertiary/aromatic N) is 1. The number of rotatable bonds is 7. The van der Waals surface area contributed by atoms with Crippen molar-refractivity contribution in [3.63, 3.8) is 0 Å². The topological polar surface area (TPSA) is 45.7 Å². The highest BCUT2D eigenvalue weighted by molar-refractivity contribution is 7.11. The monoisotopic (exact) mass is 345 g/mol. The van der Waals surface area contributed by atoms with Gasteiger partial charge in [-0.2, -0.15) is 0 Å². The molecule has 0 radical (unpaired) electrons. The van der Waals surface area contributed by atoms with Crippen molar-refractivity contribution in [2.24, 2.45) is 4.99 Å². The summed E-state index contributed by atoms with van der Waals surface area (Å²) in [5.41, 5.74) is 1.13. The molecule has 2 aromatic rings. The SMILES string of the molecule is CCNC(=NCc1cccc(OC)c1)NC(C)Cc1ccc(C)s1. The zero-order valence-electron chi connectivity index (χ0n) is 14.9. The molecule has 4 nitrogen and oxygen atoms in total. The van der Waals surface area contributed by atoms with Crippen LogP contribution in [0.25, 0.3) is 0 Å². The van der Waals surface area contributed by atoms with E-state index in [1.165, 1.54) is 9.75 Å². The Morgan fingerprint density at radius 2 is 2.12 bits per heavy atom. The van der Waals surface area contributed by atoms with E-state index in [9.17, 15) is 0 Å². The fourth-order valence-electron chi connectivity index (χ4n) is 2.44. The van der Waals surface area contributed by atoms with Gasteiger partial charge in [-0.1, -0.05) is 12.1 Å². The molecular formula is C19H27N3OS. The van der Waals surface area contributed by atoms with Crippen LogP contribution in [-0.4, -0.2) is 25.7 Å². The van der Waals surface area contributed by atoms with Crippen LogP contribution >= 0.6 is 11.3 Å². The lowest BCUT2D eigenvalue weighted by Gasteiger charge is -2.17. The highest BCUT2D eigenvalue weighted by Gasteiger charge is 2.08. The van der Waals surface area contributed by atoms with E-state index in [0.717, 1.165) is 30.2 Å². The first-order valence-electron chi connectivity index (χ1n) is 8.33. The van der Waals surface area contributed by atoms with E-state index in [4.69, 9.17) is 4.74 Å². The normalized spacial score (nSPS) is 12.8. The van der Waals surface area contributed by atoms with Gasteiger partial charge in [-0.15, -0.1) is 11.3 Å². The summed E-state index contributed by atoms with van der Waals surface area (Å²) in [6.45, 7) is 7.88. The third-order valence-corrected chi connectivity index (χ3v) is 4.61. The van der Waals surface area contributed by atoms with E-state index in [1.807, 2.05) is 29.5 Å². The first-order valence-corrected chi connectivity index (χ1v) is 9.15. The number of hydrogen-bond donors (Lipinski definition) is 2. The third kappa shape index (κ3) is 5.89. The molecule has 0 aliphatic heterocycles. The van der Waals surface area contributed by atoms with Crippen LogP contribution in [0.5, 0.6) is 5.75 Å². The summed E-state index contributed by atoms with van der Waals surface area (Å²) in [5, 5.41) is 6.80. The molecule has 0 saturated carbocycles. The van der Waals surface area contributed by atoms with Crippen molar-refractivity contribution < 1.29 is 4.74 Å². The molecular weight excluding hydrogens is 318 g/mol. The van der Waals surface area contributed by atoms with Gasteiger partial charge in [0.2, 0.25) is 0 Å². The van der Waals surface area contributed by atoms with Crippen LogP contribution in [0.3, 0.4) is 0 Å². The maximum Gasteiger partial charge on any atom is 0.191 e. The predicted octanol–water partition coefficient (Wildman–Crippen LogP) is 3.75. The fourth-order valence-corrected chi connectivity index (χ4v) is 3.46. The minimum Gasteiger partial charge on any atom is -0.497 e. The molecule has 0 aliphatic rings. The summed E-state index contributed by atoms with van der Waals surface area (Å²) in [5.74, 6) is 1.71. The first kappa shape index (κ1) is 18.3. The highest BCUT2D eigenvalue weighted by atomic mass is 32.1. The van der Waals surface area contributed by atoms with Crippen molar-refractivity contribution in [2.75, 3.05) is 13.7 Å². The number of guanidine groups is 1. The molecule has 0 fully saturated rings. The molecule has 1 heterocycles. The summed E-state index contributed by atoms with van der Waals surface area (Å²) in [7, 11) is 1.68. The average Bonchev–Trinajstić information content (AvgIpc) is 2.97. The van der Waals surface area contributed by atoms with Gasteiger partial charge in [0.25, 0.3) is 0 Å². The smallest absolute Gasteiger partial charge is 0.191 e. The molecule has 1 atom stereocenters. The van der Waals surface area contributed by atoms with Gasteiger partial charge < -0.3 is 15.4 Å². The Bertz CT molecular complexity index is 666. The van der Waals surface area contributed by atoms with Crippen molar-refractivity contribution in [1.29, 1.82) is 0 Å². The van der Waals surface area contributed by atoms with Crippen LogP contribution in [-0.2, 0) is 13.0 Å². The maximum absolute atomic E-state index is 5.26. The van der Waals surface area contributed by atoms with Gasteiger partial charge in [0.15, 0.2) is 5.96 Å². The second-order valence-corrected chi connectivity index (χ2v) is 7.18. The molecule has 1 aromatic heterocycles. The molecule has 0 bridgehead atoms. The van der Waals surface area contributed by atoms with Crippen LogP contribution in [0.15, 0.2) is 41.4 Å². The van der Waals surface area contributed by atoms with Gasteiger partial charge in [-0.05, 0) is 50.6 Å². The van der Waals surface area contributed by atoms with Gasteiger partial charge in [0.1, 0.15) is 5.75 Å². The molecule has 0 aliphatic carbocycles. The Labute approximate surface area is 149 Å². The first-order chi connectivity index (χ1) is 11.6. The van der Waals surface area contributed by atoms with Crippen molar-refractivity contribution in [3.05, 3.63) is 51.7 Å². The molecule has 0 amide bonds. The summed E-state index contributed by atoms with van der Waals surface area (Å²) in [4.78, 5) is 7.44. The second kappa shape index (κ2) is 9.33. The van der Waals surface area contributed by atoms with E-state index in [2.05, 4.69) is 54.6 Å². The van der Waals surface area contributed by atoms with Gasteiger partial charge >= 0.3 is 0 Å². The Hall–Kier alpha value is -2.01. The van der Waals surface area contributed by atoms with E-state index in [1.54, 1.807) is 7.11 Å². The third-order valence-electron chi connectivity index (χ3n) is 3.58. The maximum atomic E-state index is 5.26. The highest BCUT2D eigenvalue weighted by Crippen LogP contribution is 2.17. The molecule has 24 heavy (non-hydrogen) atoms. The zero-order chi connectivity index (χ0) is 17.4. The largest absolute Gasteiger partial charge is 0.497 e. The molecule has 2 N–H and O–H groups in total. The summed E-state index contributed by atoms with van der Waals surface area (Å²) >= 11 is 1.86. The van der Waals surface area contributed by atoms with Crippen molar-refractivity contribution in [3.8, 4) is 5.75 Å². The average molecular weight is 346 g/mol. The number of nitrogens with one attached hydrogen (secondary N) is 2. The van der Waals surface area contributed by atoms with Crippen LogP contribution in [0, 0.1) is 6.92 Å². The summed E-state index contributed by atoms with van der Waals surface area (Å²) in [6, 6.07) is 12.7. The molecule has 2 rings (SSSR count). The molecule has 1 unspecified atom stereocenters. The van der Waals surface area contributed by atoms with E-state index in [-0.39, 0.29) is 0 Å². The zero-order valence-corrected chi connectivity index (χ0v) is 15.7. The number of aliphatic imine (C=N–C) groups is 1. The number of methoxy groups -OCH3 is 1. The quantitative estimate of drug-likeness (QED) is 0.593. The molecule has 130 valence electrons. The Morgan fingerprint density at radius 3 is 2.79 bits per heavy atom. The van der Waals surface area contributed by atoms with E-state index in [0.29, 0.717) is 12.6 Å². The number of ether oxygens (including phenoxy) is 1. The minimum absolute atomic E-state index is 0.325. The Balaban J connectivity index is 1.96. The van der Waals surface area contributed by atoms with Crippen molar-refractivity contribution in [2.45, 2.75) is 39.8 Å². The lowest BCUT2D eigenvalue weighted by Crippen LogP contribution is -2.43. The van der Waals surface area contributed by atoms with E-state index >= 15 is 0 Å². The predicted molar refractivity (Wildman–Crippen MR) is 103 cm³/mol. The van der Waals surface area contributed by atoms with Crippen molar-refractivity contribution in [1.82, 2.24) is 10.6 Å². The van der Waals surface area contributed by atoms with Gasteiger partial charge in [-0.25, -0.2) is 4.99 Å². The molecule has 0 spiro atoms. The number of benzene rings is 1. The number of aryl methyl sites for hydroxylation is 1. The van der Waals surface area contributed by atoms with Crippen LogP contribution in [0.4, 0.5) is 0 Å². The molecule has 5 heteroatoms. The lowest BCUT2D eigenvalue weighted by molar-refractivity contribution is 0.414. The second-order valence-electron chi connectivity index (χ2n) is 5.81. The molecule has 0 saturated heterocycles. The Morgan fingerprint density at radius 1 is 1.29 bits per heavy atom. The van der Waals surface area contributed by atoms with Gasteiger partial charge in [0, 0.05) is 28.8 Å². The van der Waals surface area contributed by atoms with Crippen LogP contribution in [0.1, 0.15) is 29.2 Å². The van der Waals surface area contributed by atoms with Crippen molar-refractivity contribution >= 4 is 17.3 Å². The lowest BCUT2D eigenvalue weighted by atomic mass is 10.2. The van der Waals surface area contributed by atoms with Crippen LogP contribution in [0.2, 0.25) is 0 Å². The van der Waals surface area contributed by atoms with E-state index < -0.39 is 0 Å². The standard InChI is InChI=1S/C19H27N3OS/c1-5-20-19(21-13-16-7-6-8-17(12-16)23-4)22-14(2)11-18-10-9-15(3)24-18/h6-10,12,14H,5,11,13H2,1-4H3,(H2,20,21,22). The number of hydrogen-bond acceptors (Lipinski definition) is 3. The summed E-state index contributed by atoms with van der Waals surface area (Å²) in [6.07, 6.45) is 1.00.